The van der Waals surface area contributed by atoms with E-state index in [-0.39, 0.29) is 11.9 Å². The summed E-state index contributed by atoms with van der Waals surface area (Å²) in [5, 5.41) is 4.07. The summed E-state index contributed by atoms with van der Waals surface area (Å²) in [6.45, 7) is 2.96. The van der Waals surface area contributed by atoms with E-state index in [1.807, 2.05) is 66.7 Å². The van der Waals surface area contributed by atoms with Crippen LogP contribution in [0.25, 0.3) is 10.9 Å². The lowest BCUT2D eigenvalue weighted by Crippen LogP contribution is -2.31. The smallest absolute Gasteiger partial charge is 0.251 e. The topological polar surface area (TPSA) is 51.2 Å². The Hall–Kier alpha value is -3.50. The van der Waals surface area contributed by atoms with Gasteiger partial charge in [0.25, 0.3) is 5.91 Å². The van der Waals surface area contributed by atoms with Gasteiger partial charge in [0, 0.05) is 17.1 Å². The molecule has 1 atom stereocenters. The average Bonchev–Trinajstić information content (AvgIpc) is 2.78. The first-order valence-corrected chi connectivity index (χ1v) is 10.0. The van der Waals surface area contributed by atoms with Gasteiger partial charge in [0.2, 0.25) is 0 Å². The first kappa shape index (κ1) is 19.8. The zero-order valence-electron chi connectivity index (χ0n) is 16.9. The van der Waals surface area contributed by atoms with Crippen LogP contribution < -0.4 is 5.32 Å². The number of ether oxygens (including phenoxy) is 1. The van der Waals surface area contributed by atoms with Crippen LogP contribution in [0.2, 0.25) is 0 Å². The number of hydrogen-bond donors (Lipinski definition) is 1. The molecule has 0 aliphatic heterocycles. The molecule has 0 aliphatic carbocycles. The highest BCUT2D eigenvalue weighted by atomic mass is 16.5. The number of nitrogens with zero attached hydrogens (tertiary/aromatic N) is 1. The zero-order valence-corrected chi connectivity index (χ0v) is 16.9. The molecule has 0 spiro atoms. The quantitative estimate of drug-likeness (QED) is 0.465. The molecule has 1 N–H and O–H groups in total. The Bertz CT molecular complexity index is 1140. The number of fused-ring (bicyclic) bond motifs is 1. The van der Waals surface area contributed by atoms with Crippen molar-refractivity contribution in [1.29, 1.82) is 0 Å². The molecule has 1 unspecified atom stereocenters. The zero-order chi connectivity index (χ0) is 20.8. The Morgan fingerprint density at radius 2 is 1.83 bits per heavy atom. The highest BCUT2D eigenvalue weighted by Gasteiger charge is 2.16. The molecule has 4 nitrogen and oxygen atoms in total. The largest absolute Gasteiger partial charge is 0.374 e. The van der Waals surface area contributed by atoms with Gasteiger partial charge in [-0.3, -0.25) is 9.78 Å². The monoisotopic (exact) mass is 396 g/mol. The van der Waals surface area contributed by atoms with Crippen LogP contribution in [-0.2, 0) is 11.3 Å². The predicted molar refractivity (Wildman–Crippen MR) is 119 cm³/mol. The summed E-state index contributed by atoms with van der Waals surface area (Å²) in [5.41, 5.74) is 4.81. The van der Waals surface area contributed by atoms with Crippen molar-refractivity contribution in [2.24, 2.45) is 0 Å². The van der Waals surface area contributed by atoms with E-state index in [1.54, 1.807) is 12.3 Å². The minimum absolute atomic E-state index is 0.131. The summed E-state index contributed by atoms with van der Waals surface area (Å²) in [6.07, 6.45) is 1.75. The van der Waals surface area contributed by atoms with E-state index in [9.17, 15) is 4.79 Å². The molecule has 0 fully saturated rings. The molecular formula is C26H24N2O2. The third-order valence-electron chi connectivity index (χ3n) is 5.01. The Labute approximate surface area is 176 Å². The molecule has 30 heavy (non-hydrogen) atoms. The van der Waals surface area contributed by atoms with Crippen LogP contribution in [0.5, 0.6) is 0 Å². The lowest BCUT2D eigenvalue weighted by Gasteiger charge is -2.20. The van der Waals surface area contributed by atoms with Crippen LogP contribution in [0, 0.1) is 6.92 Å². The second-order valence-corrected chi connectivity index (χ2v) is 7.35. The molecule has 0 saturated carbocycles. The molecule has 4 heteroatoms. The van der Waals surface area contributed by atoms with Gasteiger partial charge < -0.3 is 10.1 Å². The van der Waals surface area contributed by atoms with Crippen molar-refractivity contribution >= 4 is 16.8 Å². The van der Waals surface area contributed by atoms with E-state index in [0.29, 0.717) is 18.8 Å². The van der Waals surface area contributed by atoms with Gasteiger partial charge in [-0.1, -0.05) is 66.2 Å². The average molecular weight is 396 g/mol. The molecule has 0 radical (unpaired) electrons. The van der Waals surface area contributed by atoms with Crippen molar-refractivity contribution in [1.82, 2.24) is 10.3 Å². The molecular weight excluding hydrogens is 372 g/mol. The summed E-state index contributed by atoms with van der Waals surface area (Å²) in [5.74, 6) is -0.131. The van der Waals surface area contributed by atoms with Crippen molar-refractivity contribution < 1.29 is 9.53 Å². The Morgan fingerprint density at radius 1 is 0.967 bits per heavy atom. The molecule has 3 aromatic carbocycles. The molecule has 4 rings (SSSR count). The number of hydrogen-bond acceptors (Lipinski definition) is 3. The van der Waals surface area contributed by atoms with E-state index in [0.717, 1.165) is 22.0 Å². The van der Waals surface area contributed by atoms with Gasteiger partial charge in [-0.25, -0.2) is 0 Å². The normalized spacial score (nSPS) is 11.9. The highest BCUT2D eigenvalue weighted by Crippen LogP contribution is 2.18. The third-order valence-corrected chi connectivity index (χ3v) is 5.01. The highest BCUT2D eigenvalue weighted by molar-refractivity contribution is 5.98. The Morgan fingerprint density at radius 3 is 2.67 bits per heavy atom. The summed E-state index contributed by atoms with van der Waals surface area (Å²) in [7, 11) is 0. The SMILES string of the molecule is Cc1cccc(COCC(NC(=O)c2ccc3ncccc3c2)c2ccccc2)c1. The summed E-state index contributed by atoms with van der Waals surface area (Å²) in [4.78, 5) is 17.3. The van der Waals surface area contributed by atoms with Gasteiger partial charge in [-0.2, -0.15) is 0 Å². The van der Waals surface area contributed by atoms with Crippen LogP contribution in [0.3, 0.4) is 0 Å². The summed E-state index contributed by atoms with van der Waals surface area (Å²) >= 11 is 0. The molecule has 150 valence electrons. The van der Waals surface area contributed by atoms with Gasteiger partial charge in [0.05, 0.1) is 24.8 Å². The maximum atomic E-state index is 13.0. The van der Waals surface area contributed by atoms with Crippen LogP contribution in [0.1, 0.15) is 33.1 Å². The fourth-order valence-electron chi connectivity index (χ4n) is 3.46. The molecule has 0 aliphatic rings. The minimum atomic E-state index is -0.242. The minimum Gasteiger partial charge on any atom is -0.374 e. The van der Waals surface area contributed by atoms with Gasteiger partial charge in [0.1, 0.15) is 0 Å². The van der Waals surface area contributed by atoms with Crippen LogP contribution in [-0.4, -0.2) is 17.5 Å². The van der Waals surface area contributed by atoms with E-state index >= 15 is 0 Å². The maximum Gasteiger partial charge on any atom is 0.251 e. The molecule has 1 aromatic heterocycles. The van der Waals surface area contributed by atoms with Gasteiger partial charge in [0.15, 0.2) is 0 Å². The number of carbonyl (C=O) groups excluding carboxylic acids is 1. The molecule has 4 aromatic rings. The number of rotatable bonds is 7. The number of pyridine rings is 1. The van der Waals surface area contributed by atoms with E-state index in [2.05, 4.69) is 29.4 Å². The lowest BCUT2D eigenvalue weighted by atomic mass is 10.1. The molecule has 0 saturated heterocycles. The van der Waals surface area contributed by atoms with E-state index in [4.69, 9.17) is 4.74 Å². The first-order chi connectivity index (χ1) is 14.7. The van der Waals surface area contributed by atoms with Gasteiger partial charge in [-0.05, 0) is 42.3 Å². The fraction of sp³-hybridized carbons (Fsp3) is 0.154. The number of aromatic nitrogens is 1. The second-order valence-electron chi connectivity index (χ2n) is 7.35. The van der Waals surface area contributed by atoms with Crippen LogP contribution >= 0.6 is 0 Å². The number of nitrogens with one attached hydrogen (secondary N) is 1. The van der Waals surface area contributed by atoms with Gasteiger partial charge in [-0.15, -0.1) is 0 Å². The van der Waals surface area contributed by atoms with Crippen molar-refractivity contribution in [3.63, 3.8) is 0 Å². The van der Waals surface area contributed by atoms with Gasteiger partial charge >= 0.3 is 0 Å². The van der Waals surface area contributed by atoms with Crippen molar-refractivity contribution in [2.45, 2.75) is 19.6 Å². The van der Waals surface area contributed by atoms with E-state index in [1.165, 1.54) is 5.56 Å². The molecule has 1 amide bonds. The van der Waals surface area contributed by atoms with Crippen LogP contribution in [0.15, 0.2) is 91.1 Å². The lowest BCUT2D eigenvalue weighted by molar-refractivity contribution is 0.0797. The number of amides is 1. The van der Waals surface area contributed by atoms with E-state index < -0.39 is 0 Å². The number of carbonyl (C=O) groups is 1. The number of aryl methyl sites for hydroxylation is 1. The standard InChI is InChI=1S/C26H24N2O2/c1-19-7-5-8-20(15-19)17-30-18-25(21-9-3-2-4-10-21)28-26(29)23-12-13-24-22(16-23)11-6-14-27-24/h2-16,25H,17-18H2,1H3,(H,28,29). The molecule has 0 bridgehead atoms. The Balaban J connectivity index is 1.48. The Kier molecular flexibility index (Phi) is 6.16. The van der Waals surface area contributed by atoms with Crippen LogP contribution in [0.4, 0.5) is 0 Å². The predicted octanol–water partition coefficient (Wildman–Crippen LogP) is 5.23. The summed E-state index contributed by atoms with van der Waals surface area (Å²) < 4.78 is 5.97. The maximum absolute atomic E-state index is 13.0. The van der Waals surface area contributed by atoms with Crippen molar-refractivity contribution in [3.8, 4) is 0 Å². The van der Waals surface area contributed by atoms with Crippen molar-refractivity contribution in [3.05, 3.63) is 113 Å². The third kappa shape index (κ3) is 4.91. The first-order valence-electron chi connectivity index (χ1n) is 10.0. The van der Waals surface area contributed by atoms with Crippen molar-refractivity contribution in [2.75, 3.05) is 6.61 Å². The fourth-order valence-corrected chi connectivity index (χ4v) is 3.46. The molecule has 1 heterocycles. The second kappa shape index (κ2) is 9.33. The summed E-state index contributed by atoms with van der Waals surface area (Å²) in [6, 6.07) is 27.3. The number of benzene rings is 3.